The number of carbonyl (C=O) groups excluding carboxylic acids is 2. The Balaban J connectivity index is 1.81. The zero-order valence-electron chi connectivity index (χ0n) is 12.6. The smallest absolute Gasteiger partial charge is 0.308 e. The van der Waals surface area contributed by atoms with Gasteiger partial charge in [0.25, 0.3) is 0 Å². The van der Waals surface area contributed by atoms with Crippen molar-refractivity contribution in [2.45, 2.75) is 25.6 Å². The van der Waals surface area contributed by atoms with Gasteiger partial charge in [0, 0.05) is 6.54 Å². The summed E-state index contributed by atoms with van der Waals surface area (Å²) < 4.78 is 5.09. The summed E-state index contributed by atoms with van der Waals surface area (Å²) in [5.41, 5.74) is 1.78. The highest BCUT2D eigenvalue weighted by Crippen LogP contribution is 2.04. The molecule has 5 nitrogen and oxygen atoms in total. The van der Waals surface area contributed by atoms with E-state index in [1.165, 1.54) is 0 Å². The van der Waals surface area contributed by atoms with E-state index in [0.29, 0.717) is 6.54 Å². The summed E-state index contributed by atoms with van der Waals surface area (Å²) in [5.74, 6) is -1.90. The summed E-state index contributed by atoms with van der Waals surface area (Å²) in [5, 5.41) is 14.0. The van der Waals surface area contributed by atoms with E-state index in [2.05, 4.69) is 5.32 Å². The molecule has 1 N–H and O–H groups in total. The Kier molecular flexibility index (Phi) is 6.32. The number of esters is 1. The van der Waals surface area contributed by atoms with Crippen LogP contribution in [-0.4, -0.2) is 18.0 Å². The van der Waals surface area contributed by atoms with Crippen LogP contribution in [0.2, 0.25) is 0 Å². The lowest BCUT2D eigenvalue weighted by molar-refractivity contribution is -0.308. The molecule has 0 aromatic heterocycles. The molecule has 0 aliphatic carbocycles. The van der Waals surface area contributed by atoms with Gasteiger partial charge >= 0.3 is 5.97 Å². The molecule has 0 bridgehead atoms. The normalized spacial score (nSPS) is 11.7. The van der Waals surface area contributed by atoms with Gasteiger partial charge in [0.15, 0.2) is 0 Å². The molecular formula is C18H18NO4-. The van der Waals surface area contributed by atoms with Crippen LogP contribution in [0.25, 0.3) is 0 Å². The summed E-state index contributed by atoms with van der Waals surface area (Å²) >= 11 is 0. The maximum absolute atomic E-state index is 11.8. The highest BCUT2D eigenvalue weighted by molar-refractivity contribution is 5.80. The third kappa shape index (κ3) is 5.92. The van der Waals surface area contributed by atoms with Gasteiger partial charge in [-0.15, -0.1) is 0 Å². The van der Waals surface area contributed by atoms with Gasteiger partial charge in [-0.1, -0.05) is 60.7 Å². The van der Waals surface area contributed by atoms with Crippen molar-refractivity contribution < 1.29 is 19.4 Å². The average Bonchev–Trinajstić information content (AvgIpc) is 2.58. The Hall–Kier alpha value is -2.66. The van der Waals surface area contributed by atoms with Crippen molar-refractivity contribution in [2.75, 3.05) is 0 Å². The lowest BCUT2D eigenvalue weighted by Crippen LogP contribution is -2.46. The van der Waals surface area contributed by atoms with E-state index in [0.717, 1.165) is 11.1 Å². The van der Waals surface area contributed by atoms with Gasteiger partial charge in [-0.05, 0) is 11.1 Å². The number of carboxylic acid groups (broad SMARTS) is 1. The second kappa shape index (κ2) is 8.70. The Morgan fingerprint density at radius 3 is 2.09 bits per heavy atom. The number of ether oxygens (including phenoxy) is 1. The molecule has 0 amide bonds. The van der Waals surface area contributed by atoms with E-state index in [1.54, 1.807) is 0 Å². The zero-order chi connectivity index (χ0) is 16.5. The number of hydrogen-bond donors (Lipinski definition) is 1. The van der Waals surface area contributed by atoms with Gasteiger partial charge in [-0.3, -0.25) is 4.79 Å². The quantitative estimate of drug-likeness (QED) is 0.737. The lowest BCUT2D eigenvalue weighted by atomic mass is 10.1. The molecule has 2 rings (SSSR count). The molecular weight excluding hydrogens is 294 g/mol. The standard InChI is InChI=1S/C18H19NO4/c20-17(23-13-15-9-5-2-6-10-15)11-16(18(21)22)19-12-14-7-3-1-4-8-14/h1-10,16,19H,11-13H2,(H,21,22)/p-1. The van der Waals surface area contributed by atoms with E-state index in [9.17, 15) is 14.7 Å². The minimum atomic E-state index is -1.32. The van der Waals surface area contributed by atoms with E-state index < -0.39 is 18.0 Å². The van der Waals surface area contributed by atoms with Crippen molar-refractivity contribution in [2.24, 2.45) is 0 Å². The van der Waals surface area contributed by atoms with E-state index in [1.807, 2.05) is 60.7 Å². The minimum Gasteiger partial charge on any atom is -0.548 e. The van der Waals surface area contributed by atoms with Crippen LogP contribution in [0.15, 0.2) is 60.7 Å². The maximum Gasteiger partial charge on any atom is 0.308 e. The topological polar surface area (TPSA) is 78.5 Å². The van der Waals surface area contributed by atoms with Crippen LogP contribution in [0.5, 0.6) is 0 Å². The fourth-order valence-corrected chi connectivity index (χ4v) is 2.04. The summed E-state index contributed by atoms with van der Waals surface area (Å²) in [4.78, 5) is 22.9. The van der Waals surface area contributed by atoms with Crippen LogP contribution in [0, 0.1) is 0 Å². The maximum atomic E-state index is 11.8. The van der Waals surface area contributed by atoms with Crippen molar-refractivity contribution in [3.8, 4) is 0 Å². The Bertz CT molecular complexity index is 628. The number of nitrogens with one attached hydrogen (secondary N) is 1. The molecule has 0 heterocycles. The molecule has 2 aromatic rings. The minimum absolute atomic E-state index is 0.123. The highest BCUT2D eigenvalue weighted by Gasteiger charge is 2.15. The van der Waals surface area contributed by atoms with Gasteiger partial charge in [0.1, 0.15) is 6.61 Å². The lowest BCUT2D eigenvalue weighted by Gasteiger charge is -2.19. The zero-order valence-corrected chi connectivity index (χ0v) is 12.6. The van der Waals surface area contributed by atoms with Crippen molar-refractivity contribution in [3.63, 3.8) is 0 Å². The first-order valence-electron chi connectivity index (χ1n) is 7.33. The number of carbonyl (C=O) groups is 2. The number of rotatable bonds is 8. The van der Waals surface area contributed by atoms with Gasteiger partial charge in [-0.2, -0.15) is 0 Å². The fourth-order valence-electron chi connectivity index (χ4n) is 2.04. The van der Waals surface area contributed by atoms with E-state index in [4.69, 9.17) is 4.74 Å². The SMILES string of the molecule is O=C(CC(NCc1ccccc1)C(=O)[O-])OCc1ccccc1. The number of hydrogen-bond acceptors (Lipinski definition) is 5. The molecule has 1 unspecified atom stereocenters. The van der Waals surface area contributed by atoms with Crippen LogP contribution in [-0.2, 0) is 27.5 Å². The van der Waals surface area contributed by atoms with Crippen molar-refractivity contribution in [3.05, 3.63) is 71.8 Å². The monoisotopic (exact) mass is 312 g/mol. The first-order chi connectivity index (χ1) is 11.1. The van der Waals surface area contributed by atoms with Crippen LogP contribution >= 0.6 is 0 Å². The molecule has 0 aliphatic heterocycles. The Labute approximate surface area is 134 Å². The van der Waals surface area contributed by atoms with Crippen LogP contribution in [0.3, 0.4) is 0 Å². The van der Waals surface area contributed by atoms with Crippen LogP contribution < -0.4 is 10.4 Å². The third-order valence-corrected chi connectivity index (χ3v) is 3.29. The highest BCUT2D eigenvalue weighted by atomic mass is 16.5. The molecule has 120 valence electrons. The van der Waals surface area contributed by atoms with Crippen molar-refractivity contribution in [1.82, 2.24) is 5.32 Å². The number of carboxylic acids is 1. The van der Waals surface area contributed by atoms with Gasteiger partial charge in [-0.25, -0.2) is 0 Å². The van der Waals surface area contributed by atoms with Crippen LogP contribution in [0.1, 0.15) is 17.5 Å². The van der Waals surface area contributed by atoms with E-state index >= 15 is 0 Å². The molecule has 2 aromatic carbocycles. The molecule has 0 fully saturated rings. The summed E-state index contributed by atoms with van der Waals surface area (Å²) in [6.07, 6.45) is -0.276. The van der Waals surface area contributed by atoms with Crippen molar-refractivity contribution in [1.29, 1.82) is 0 Å². The predicted octanol–water partition coefficient (Wildman–Crippen LogP) is 1.03. The van der Waals surface area contributed by atoms with Crippen LogP contribution in [0.4, 0.5) is 0 Å². The van der Waals surface area contributed by atoms with Crippen molar-refractivity contribution >= 4 is 11.9 Å². The second-order valence-corrected chi connectivity index (χ2v) is 5.09. The Morgan fingerprint density at radius 2 is 1.52 bits per heavy atom. The van der Waals surface area contributed by atoms with Gasteiger partial charge in [0.2, 0.25) is 0 Å². The van der Waals surface area contributed by atoms with Gasteiger partial charge in [0.05, 0.1) is 18.4 Å². The number of aliphatic carboxylic acids is 1. The second-order valence-electron chi connectivity index (χ2n) is 5.09. The molecule has 0 saturated heterocycles. The summed E-state index contributed by atoms with van der Waals surface area (Å²) in [6, 6.07) is 17.5. The first kappa shape index (κ1) is 16.7. The summed E-state index contributed by atoms with van der Waals surface area (Å²) in [6.45, 7) is 0.462. The molecule has 1 atom stereocenters. The first-order valence-corrected chi connectivity index (χ1v) is 7.33. The molecule has 0 saturated carbocycles. The average molecular weight is 312 g/mol. The van der Waals surface area contributed by atoms with Gasteiger partial charge < -0.3 is 20.0 Å². The molecule has 0 aliphatic rings. The summed E-state index contributed by atoms with van der Waals surface area (Å²) in [7, 11) is 0. The Morgan fingerprint density at radius 1 is 0.957 bits per heavy atom. The predicted molar refractivity (Wildman–Crippen MR) is 82.9 cm³/mol. The van der Waals surface area contributed by atoms with E-state index in [-0.39, 0.29) is 13.0 Å². The fraction of sp³-hybridized carbons (Fsp3) is 0.222. The molecule has 23 heavy (non-hydrogen) atoms. The third-order valence-electron chi connectivity index (χ3n) is 3.29. The molecule has 0 radical (unpaired) electrons. The molecule has 0 spiro atoms. The largest absolute Gasteiger partial charge is 0.548 e. The molecule has 5 heteroatoms. The number of benzene rings is 2.